The molecule has 8 rings (SSSR count). The number of amides is 1. The van der Waals surface area contributed by atoms with Gasteiger partial charge in [-0.2, -0.15) is 0 Å². The number of Topliss-reactive ketones (excluding diaryl/α,β-unsaturated/α-hetero) is 2. The Morgan fingerprint density at radius 3 is 2.66 bits per heavy atom. The zero-order valence-corrected chi connectivity index (χ0v) is 20.4. The van der Waals surface area contributed by atoms with E-state index in [2.05, 4.69) is 26.7 Å². The van der Waals surface area contributed by atoms with Gasteiger partial charge in [0, 0.05) is 50.6 Å². The third kappa shape index (κ3) is 3.05. The van der Waals surface area contributed by atoms with Gasteiger partial charge in [0.15, 0.2) is 5.78 Å². The van der Waals surface area contributed by atoms with Gasteiger partial charge in [0.25, 0.3) is 5.91 Å². The standard InChI is InChI=1S/C31H24N4O3/c36-26-7-3-5-16-13-27-31(14-20(16)26)15-21(31)28(35-27)29(37)24-12-18-10-19(8-9-23(18)33-24)32-30(38)25-11-17-4-1-2-6-22(17)34-25/h1-6,8-13,21,28,33-35H,7,14-15H2,(H,32,38). The lowest BCUT2D eigenvalue weighted by Gasteiger charge is -2.26. The van der Waals surface area contributed by atoms with Crippen LogP contribution in [0.3, 0.4) is 0 Å². The first-order valence-electron chi connectivity index (χ1n) is 13.0. The number of nitrogens with one attached hydrogen (secondary N) is 4. The van der Waals surface area contributed by atoms with Gasteiger partial charge in [-0.25, -0.2) is 0 Å². The normalized spacial score (nSPS) is 25.1. The second-order valence-electron chi connectivity index (χ2n) is 10.9. The molecule has 2 aromatic carbocycles. The van der Waals surface area contributed by atoms with Crippen LogP contribution in [0.4, 0.5) is 5.69 Å². The molecule has 3 unspecified atom stereocenters. The summed E-state index contributed by atoms with van der Waals surface area (Å²) in [7, 11) is 0. The number of carbonyl (C=O) groups excluding carboxylic acids is 3. The second-order valence-corrected chi connectivity index (χ2v) is 10.9. The van der Waals surface area contributed by atoms with Gasteiger partial charge >= 0.3 is 0 Å². The Labute approximate surface area is 217 Å². The van der Waals surface area contributed by atoms with Gasteiger partial charge in [0.05, 0.1) is 11.7 Å². The number of fused-ring (bicyclic) bond motifs is 2. The fraction of sp³-hybridized carbons (Fsp3) is 0.194. The molecule has 38 heavy (non-hydrogen) atoms. The number of piperidine rings is 1. The molecule has 0 radical (unpaired) electrons. The molecule has 4 N–H and O–H groups in total. The topological polar surface area (TPSA) is 107 Å². The number of benzene rings is 2. The van der Waals surface area contributed by atoms with Gasteiger partial charge in [-0.1, -0.05) is 30.4 Å². The first kappa shape index (κ1) is 21.4. The lowest BCUT2D eigenvalue weighted by molar-refractivity contribution is -0.115. The van der Waals surface area contributed by atoms with E-state index in [0.717, 1.165) is 51.5 Å². The summed E-state index contributed by atoms with van der Waals surface area (Å²) in [4.78, 5) is 45.4. The minimum Gasteiger partial charge on any atom is -0.378 e. The summed E-state index contributed by atoms with van der Waals surface area (Å²) in [5, 5.41) is 8.28. The predicted octanol–water partition coefficient (Wildman–Crippen LogP) is 5.18. The molecule has 7 nitrogen and oxygen atoms in total. The number of para-hydroxylation sites is 1. The van der Waals surface area contributed by atoms with Crippen LogP contribution >= 0.6 is 0 Å². The Bertz CT molecular complexity index is 1800. The molecular formula is C31H24N4O3. The van der Waals surface area contributed by atoms with Crippen LogP contribution in [0, 0.1) is 11.3 Å². The van der Waals surface area contributed by atoms with Crippen molar-refractivity contribution in [3.63, 3.8) is 0 Å². The molecule has 3 aliphatic carbocycles. The number of aromatic nitrogens is 2. The number of H-pyrrole nitrogens is 2. The number of rotatable bonds is 4. The molecule has 3 heterocycles. The fourth-order valence-corrected chi connectivity index (χ4v) is 6.61. The maximum atomic E-state index is 13.6. The Hall–Kier alpha value is -4.65. The van der Waals surface area contributed by atoms with E-state index in [4.69, 9.17) is 0 Å². The lowest BCUT2D eigenvalue weighted by Crippen LogP contribution is -2.34. The Morgan fingerprint density at radius 1 is 0.947 bits per heavy atom. The van der Waals surface area contributed by atoms with E-state index in [1.165, 1.54) is 0 Å². The number of ketones is 2. The van der Waals surface area contributed by atoms with Gasteiger partial charge in [0.1, 0.15) is 5.69 Å². The Balaban J connectivity index is 1.02. The molecule has 186 valence electrons. The van der Waals surface area contributed by atoms with Crippen LogP contribution in [0.2, 0.25) is 0 Å². The van der Waals surface area contributed by atoms with Crippen LogP contribution in [0.15, 0.2) is 89.7 Å². The van der Waals surface area contributed by atoms with Crippen molar-refractivity contribution in [3.05, 3.63) is 101 Å². The second kappa shape index (κ2) is 7.44. The highest BCUT2D eigenvalue weighted by Crippen LogP contribution is 2.68. The van der Waals surface area contributed by atoms with Crippen molar-refractivity contribution in [1.29, 1.82) is 0 Å². The van der Waals surface area contributed by atoms with E-state index < -0.39 is 0 Å². The number of hydrogen-bond donors (Lipinski definition) is 4. The van der Waals surface area contributed by atoms with Crippen molar-refractivity contribution in [2.45, 2.75) is 25.3 Å². The van der Waals surface area contributed by atoms with Crippen molar-refractivity contribution >= 4 is 45.0 Å². The largest absolute Gasteiger partial charge is 0.378 e. The molecule has 4 aliphatic rings. The van der Waals surface area contributed by atoms with E-state index in [1.807, 2.05) is 66.7 Å². The van der Waals surface area contributed by atoms with Crippen LogP contribution in [0.1, 0.15) is 40.2 Å². The van der Waals surface area contributed by atoms with Crippen LogP contribution in [0.5, 0.6) is 0 Å². The summed E-state index contributed by atoms with van der Waals surface area (Å²) in [6.45, 7) is 0. The molecular weight excluding hydrogens is 476 g/mol. The number of aromatic amines is 2. The molecule has 1 aliphatic heterocycles. The van der Waals surface area contributed by atoms with Crippen molar-refractivity contribution in [3.8, 4) is 0 Å². The zero-order chi connectivity index (χ0) is 25.6. The Kier molecular flexibility index (Phi) is 4.20. The number of carbonyl (C=O) groups is 3. The molecule has 2 fully saturated rings. The minimum atomic E-state index is -0.309. The van der Waals surface area contributed by atoms with Crippen molar-refractivity contribution < 1.29 is 14.4 Å². The highest BCUT2D eigenvalue weighted by atomic mass is 16.2. The predicted molar refractivity (Wildman–Crippen MR) is 145 cm³/mol. The van der Waals surface area contributed by atoms with Crippen LogP contribution in [-0.2, 0) is 4.79 Å². The quantitative estimate of drug-likeness (QED) is 0.290. The van der Waals surface area contributed by atoms with Gasteiger partial charge in [-0.3, -0.25) is 14.4 Å². The maximum absolute atomic E-state index is 13.6. The molecule has 4 aromatic rings. The summed E-state index contributed by atoms with van der Waals surface area (Å²) in [6, 6.07) is 16.7. The average molecular weight is 501 g/mol. The number of hydrogen-bond acceptors (Lipinski definition) is 4. The smallest absolute Gasteiger partial charge is 0.272 e. The summed E-state index contributed by atoms with van der Waals surface area (Å²) >= 11 is 0. The SMILES string of the molecule is O=C1CC=CC2=C1CC13CC1C(C(=O)c1cc4cc(NC(=O)c5cc6ccccc6[nH]5)ccc4[nH]1)NC3=C2. The molecule has 1 spiro atoms. The van der Waals surface area contributed by atoms with Crippen molar-refractivity contribution in [1.82, 2.24) is 15.3 Å². The van der Waals surface area contributed by atoms with Gasteiger partial charge in [0.2, 0.25) is 5.78 Å². The lowest BCUT2D eigenvalue weighted by atomic mass is 9.80. The van der Waals surface area contributed by atoms with E-state index in [0.29, 0.717) is 23.5 Å². The van der Waals surface area contributed by atoms with E-state index in [-0.39, 0.29) is 34.8 Å². The van der Waals surface area contributed by atoms with Crippen LogP contribution in [-0.4, -0.2) is 33.5 Å². The molecule has 1 saturated carbocycles. The number of allylic oxidation sites excluding steroid dienone is 6. The van der Waals surface area contributed by atoms with Gasteiger partial charge in [-0.15, -0.1) is 0 Å². The van der Waals surface area contributed by atoms with E-state index in [9.17, 15) is 14.4 Å². The molecule has 7 heteroatoms. The first-order chi connectivity index (χ1) is 18.5. The summed E-state index contributed by atoms with van der Waals surface area (Å²) in [6.07, 6.45) is 8.15. The summed E-state index contributed by atoms with van der Waals surface area (Å²) < 4.78 is 0. The van der Waals surface area contributed by atoms with Crippen molar-refractivity contribution in [2.75, 3.05) is 5.32 Å². The minimum absolute atomic E-state index is 0.0295. The van der Waals surface area contributed by atoms with Crippen LogP contribution < -0.4 is 10.6 Å². The third-order valence-corrected chi connectivity index (χ3v) is 8.66. The zero-order valence-electron chi connectivity index (χ0n) is 20.4. The summed E-state index contributed by atoms with van der Waals surface area (Å²) in [5.41, 5.74) is 6.35. The monoisotopic (exact) mass is 500 g/mol. The van der Waals surface area contributed by atoms with E-state index >= 15 is 0 Å². The maximum Gasteiger partial charge on any atom is 0.272 e. The highest BCUT2D eigenvalue weighted by Gasteiger charge is 2.67. The molecule has 2 aromatic heterocycles. The molecule has 3 atom stereocenters. The molecule has 1 amide bonds. The molecule has 0 bridgehead atoms. The average Bonchev–Trinajstić information content (AvgIpc) is 3.25. The van der Waals surface area contributed by atoms with Crippen molar-refractivity contribution in [2.24, 2.45) is 11.3 Å². The van der Waals surface area contributed by atoms with Gasteiger partial charge in [-0.05, 0) is 66.8 Å². The fourth-order valence-electron chi connectivity index (χ4n) is 6.61. The highest BCUT2D eigenvalue weighted by molar-refractivity contribution is 6.08. The third-order valence-electron chi connectivity index (χ3n) is 8.66. The summed E-state index contributed by atoms with van der Waals surface area (Å²) in [5.74, 6) is 0.214. The van der Waals surface area contributed by atoms with E-state index in [1.54, 1.807) is 0 Å². The molecule has 1 saturated heterocycles. The van der Waals surface area contributed by atoms with Crippen LogP contribution in [0.25, 0.3) is 21.8 Å². The number of anilines is 1. The van der Waals surface area contributed by atoms with Gasteiger partial charge < -0.3 is 20.6 Å². The first-order valence-corrected chi connectivity index (χ1v) is 13.0. The Morgan fingerprint density at radius 2 is 1.76 bits per heavy atom.